The first-order chi connectivity index (χ1) is 16.8. The lowest BCUT2D eigenvalue weighted by atomic mass is 9.43. The van der Waals surface area contributed by atoms with Gasteiger partial charge >= 0.3 is 10.4 Å². The molecule has 0 amide bonds. The van der Waals surface area contributed by atoms with Crippen LogP contribution in [0.4, 0.5) is 0 Å². The van der Waals surface area contributed by atoms with Crippen molar-refractivity contribution in [1.29, 1.82) is 0 Å². The molecule has 4 aliphatic carbocycles. The fraction of sp³-hybridized carbons (Fsp3) is 1.00. The van der Waals surface area contributed by atoms with Crippen LogP contribution in [0.5, 0.6) is 0 Å². The third kappa shape index (κ3) is 5.27. The molecule has 0 aromatic heterocycles. The summed E-state index contributed by atoms with van der Waals surface area (Å²) in [5, 5.41) is 42.9. The Morgan fingerprint density at radius 3 is 2.39 bits per heavy atom. The summed E-state index contributed by atoms with van der Waals surface area (Å²) in [4.78, 5) is 0. The van der Waals surface area contributed by atoms with Gasteiger partial charge in [0.2, 0.25) is 0 Å². The van der Waals surface area contributed by atoms with Crippen LogP contribution < -0.4 is 0 Å². The highest BCUT2D eigenvalue weighted by Crippen LogP contribution is 2.68. The van der Waals surface area contributed by atoms with E-state index in [4.69, 9.17) is 4.55 Å². The molecule has 8 nitrogen and oxygen atoms in total. The first kappa shape index (κ1) is 28.7. The highest BCUT2D eigenvalue weighted by atomic mass is 32.3. The summed E-state index contributed by atoms with van der Waals surface area (Å²) >= 11 is 0. The van der Waals surface area contributed by atoms with Crippen LogP contribution in [-0.2, 0) is 14.6 Å². The van der Waals surface area contributed by atoms with Gasteiger partial charge in [0.1, 0.15) is 0 Å². The molecule has 5 N–H and O–H groups in total. The lowest BCUT2D eigenvalue weighted by molar-refractivity contribution is -0.207. The summed E-state index contributed by atoms with van der Waals surface area (Å²) < 4.78 is 34.9. The Kier molecular flexibility index (Phi) is 8.53. The third-order valence-corrected chi connectivity index (χ3v) is 11.9. The number of hydrogen-bond acceptors (Lipinski definition) is 7. The summed E-state index contributed by atoms with van der Waals surface area (Å²) in [5.41, 5.74) is -0.179. The van der Waals surface area contributed by atoms with Crippen molar-refractivity contribution in [2.45, 2.75) is 103 Å². The summed E-state index contributed by atoms with van der Waals surface area (Å²) in [5.74, 6) is 1.42. The first-order valence-corrected chi connectivity index (χ1v) is 15.4. The van der Waals surface area contributed by atoms with Gasteiger partial charge in [-0.2, -0.15) is 8.42 Å². The minimum Gasteiger partial charge on any atom is -0.396 e. The van der Waals surface area contributed by atoms with E-state index in [0.717, 1.165) is 57.8 Å². The largest absolute Gasteiger partial charge is 0.397 e. The Labute approximate surface area is 216 Å². The van der Waals surface area contributed by atoms with Crippen molar-refractivity contribution < 1.29 is 37.6 Å². The van der Waals surface area contributed by atoms with Crippen LogP contribution >= 0.6 is 0 Å². The van der Waals surface area contributed by atoms with Gasteiger partial charge in [-0.3, -0.25) is 4.55 Å². The first-order valence-electron chi connectivity index (χ1n) is 14.1. The van der Waals surface area contributed by atoms with Crippen molar-refractivity contribution >= 4 is 10.4 Å². The van der Waals surface area contributed by atoms with Gasteiger partial charge in [-0.1, -0.05) is 33.6 Å². The van der Waals surface area contributed by atoms with Crippen molar-refractivity contribution in [1.82, 2.24) is 0 Å². The molecule has 12 atom stereocenters. The summed E-state index contributed by atoms with van der Waals surface area (Å²) in [6.45, 7) is 6.39. The molecule has 0 bridgehead atoms. The van der Waals surface area contributed by atoms with Crippen LogP contribution in [0.25, 0.3) is 0 Å². The minimum atomic E-state index is -4.51. The Bertz CT molecular complexity index is 866. The Hall–Kier alpha value is -0.290. The summed E-state index contributed by atoms with van der Waals surface area (Å²) in [6, 6.07) is 0. The van der Waals surface area contributed by atoms with E-state index in [1.165, 1.54) is 0 Å². The van der Waals surface area contributed by atoms with Crippen LogP contribution in [-0.4, -0.2) is 64.9 Å². The molecule has 0 aromatic rings. The molecule has 0 aliphatic heterocycles. The number of rotatable bonds is 9. The summed E-state index contributed by atoms with van der Waals surface area (Å²) in [6.07, 6.45) is 7.30. The third-order valence-electron chi connectivity index (χ3n) is 11.5. The number of aliphatic hydroxyl groups excluding tert-OH is 4. The van der Waals surface area contributed by atoms with Gasteiger partial charge in [-0.15, -0.1) is 0 Å². The van der Waals surface area contributed by atoms with Crippen molar-refractivity contribution in [3.05, 3.63) is 0 Å². The van der Waals surface area contributed by atoms with Gasteiger partial charge in [0.05, 0.1) is 24.9 Å². The zero-order chi connectivity index (χ0) is 26.5. The molecular formula is C27H48O8S. The SMILES string of the molecule is CC(CCCC(CO)COS(=O)(=O)O)C1CCC2C3C(C[C@@H](O)[C@]12C)[C@@]1(C)CC[C@@H](O)CC1C[C@H]3O. The van der Waals surface area contributed by atoms with Gasteiger partial charge in [-0.05, 0) is 97.7 Å². The molecule has 0 heterocycles. The van der Waals surface area contributed by atoms with Crippen LogP contribution in [0.2, 0.25) is 0 Å². The van der Waals surface area contributed by atoms with E-state index in [1.807, 2.05) is 0 Å². The van der Waals surface area contributed by atoms with E-state index >= 15 is 0 Å². The molecule has 36 heavy (non-hydrogen) atoms. The van der Waals surface area contributed by atoms with E-state index < -0.39 is 16.5 Å². The zero-order valence-electron chi connectivity index (χ0n) is 22.1. The van der Waals surface area contributed by atoms with Gasteiger partial charge in [0.15, 0.2) is 0 Å². The topological polar surface area (TPSA) is 145 Å². The van der Waals surface area contributed by atoms with Gasteiger partial charge < -0.3 is 20.4 Å². The predicted molar refractivity (Wildman–Crippen MR) is 135 cm³/mol. The van der Waals surface area contributed by atoms with Crippen molar-refractivity contribution in [2.75, 3.05) is 13.2 Å². The number of hydrogen-bond donors (Lipinski definition) is 5. The molecule has 9 heteroatoms. The van der Waals surface area contributed by atoms with E-state index in [1.54, 1.807) is 0 Å². The van der Waals surface area contributed by atoms with E-state index in [2.05, 4.69) is 25.0 Å². The second-order valence-electron chi connectivity index (χ2n) is 13.2. The molecule has 0 aromatic carbocycles. The predicted octanol–water partition coefficient (Wildman–Crippen LogP) is 3.18. The second-order valence-corrected chi connectivity index (χ2v) is 14.3. The van der Waals surface area contributed by atoms with E-state index in [-0.39, 0.29) is 59.9 Å². The van der Waals surface area contributed by atoms with Crippen molar-refractivity contribution in [2.24, 2.45) is 52.3 Å². The smallest absolute Gasteiger partial charge is 0.396 e. The molecule has 4 rings (SSSR count). The Balaban J connectivity index is 1.42. The van der Waals surface area contributed by atoms with E-state index in [0.29, 0.717) is 24.2 Å². The average molecular weight is 533 g/mol. The van der Waals surface area contributed by atoms with Crippen LogP contribution in [0.3, 0.4) is 0 Å². The molecular weight excluding hydrogens is 484 g/mol. The fourth-order valence-corrected chi connectivity index (χ4v) is 9.84. The highest BCUT2D eigenvalue weighted by molar-refractivity contribution is 7.80. The van der Waals surface area contributed by atoms with Crippen molar-refractivity contribution in [3.8, 4) is 0 Å². The lowest BCUT2D eigenvalue weighted by Crippen LogP contribution is -2.62. The second kappa shape index (κ2) is 10.7. The van der Waals surface area contributed by atoms with Gasteiger partial charge in [0.25, 0.3) is 0 Å². The van der Waals surface area contributed by atoms with Crippen LogP contribution in [0.15, 0.2) is 0 Å². The molecule has 0 saturated heterocycles. The minimum absolute atomic E-state index is 0.0680. The van der Waals surface area contributed by atoms with Gasteiger partial charge in [-0.25, -0.2) is 4.18 Å². The molecule has 4 fully saturated rings. The maximum absolute atomic E-state index is 11.7. The standard InChI is InChI=1S/C27H48O8S/c1-16(5-4-6-17(14-28)15-35-36(32,33)34)20-7-8-21-25-22(13-24(31)27(20,21)3)26(2)10-9-19(29)11-18(26)12-23(25)30/h16-25,28-31H,4-15H2,1-3H3,(H,32,33,34)/t16?,17?,18?,19-,20?,21?,22?,23-,24-,25?,26+,27-/m1/s1. The number of fused-ring (bicyclic) bond motifs is 5. The maximum Gasteiger partial charge on any atom is 0.397 e. The molecule has 4 saturated carbocycles. The normalized spacial score (nSPS) is 46.4. The quantitative estimate of drug-likeness (QED) is 0.285. The molecule has 0 radical (unpaired) electrons. The van der Waals surface area contributed by atoms with E-state index in [9.17, 15) is 28.8 Å². The molecule has 0 spiro atoms. The Morgan fingerprint density at radius 1 is 1.00 bits per heavy atom. The monoisotopic (exact) mass is 532 g/mol. The molecule has 7 unspecified atom stereocenters. The Morgan fingerprint density at radius 2 is 1.72 bits per heavy atom. The van der Waals surface area contributed by atoms with Gasteiger partial charge in [0, 0.05) is 12.5 Å². The summed E-state index contributed by atoms with van der Waals surface area (Å²) in [7, 11) is -4.51. The average Bonchev–Trinajstić information content (AvgIpc) is 3.16. The molecule has 4 aliphatic rings. The maximum atomic E-state index is 11.7. The lowest BCUT2D eigenvalue weighted by Gasteiger charge is -2.63. The zero-order valence-corrected chi connectivity index (χ0v) is 22.9. The molecule has 210 valence electrons. The fourth-order valence-electron chi connectivity index (χ4n) is 9.47. The number of aliphatic hydroxyl groups is 4. The highest BCUT2D eigenvalue weighted by Gasteiger charge is 2.65. The van der Waals surface area contributed by atoms with Crippen LogP contribution in [0.1, 0.15) is 85.0 Å². The van der Waals surface area contributed by atoms with Crippen LogP contribution in [0, 0.1) is 52.3 Å². The van der Waals surface area contributed by atoms with Crippen molar-refractivity contribution in [3.63, 3.8) is 0 Å².